The Morgan fingerprint density at radius 3 is 2.46 bits per heavy atom. The molecule has 4 aromatic rings. The summed E-state index contributed by atoms with van der Waals surface area (Å²) in [7, 11) is 1.60. The maximum Gasteiger partial charge on any atom is 0.249 e. The number of hydrogen-bond donors (Lipinski definition) is 2. The number of nitrogens with zero attached hydrogens (tertiary/aromatic N) is 1. The van der Waals surface area contributed by atoms with Gasteiger partial charge in [0.1, 0.15) is 17.0 Å². The van der Waals surface area contributed by atoms with E-state index in [-0.39, 0.29) is 35.6 Å². The van der Waals surface area contributed by atoms with E-state index < -0.39 is 5.54 Å². The first-order chi connectivity index (χ1) is 18.5. The van der Waals surface area contributed by atoms with Gasteiger partial charge in [0.25, 0.3) is 0 Å². The topological polar surface area (TPSA) is 87.6 Å². The van der Waals surface area contributed by atoms with Crippen molar-refractivity contribution >= 4 is 28.4 Å². The Labute approximate surface area is 229 Å². The van der Waals surface area contributed by atoms with Crippen molar-refractivity contribution in [2.45, 2.75) is 59.0 Å². The summed E-state index contributed by atoms with van der Waals surface area (Å²) < 4.78 is 10.8. The minimum Gasteiger partial charge on any atom is -0.497 e. The molecule has 1 saturated carbocycles. The summed E-state index contributed by atoms with van der Waals surface area (Å²) in [5, 5.41) is 4.19. The first kappa shape index (κ1) is 26.6. The molecule has 1 aliphatic carbocycles. The Balaban J connectivity index is 1.39. The van der Waals surface area contributed by atoms with Gasteiger partial charge in [-0.15, -0.1) is 0 Å². The van der Waals surface area contributed by atoms with E-state index in [2.05, 4.69) is 49.3 Å². The zero-order valence-electron chi connectivity index (χ0n) is 23.5. The normalized spacial score (nSPS) is 18.1. The van der Waals surface area contributed by atoms with Crippen molar-refractivity contribution in [2.75, 3.05) is 12.4 Å². The Morgan fingerprint density at radius 2 is 1.79 bits per heavy atom. The average molecular weight is 528 g/mol. The molecule has 39 heavy (non-hydrogen) atoms. The van der Waals surface area contributed by atoms with Crippen LogP contribution in [0.25, 0.3) is 10.9 Å². The van der Waals surface area contributed by atoms with Gasteiger partial charge < -0.3 is 24.4 Å². The summed E-state index contributed by atoms with van der Waals surface area (Å²) in [4.78, 5) is 32.8. The molecule has 0 saturated heterocycles. The number of fused-ring (bicyclic) bond motifs is 1. The molecule has 2 heterocycles. The number of furan rings is 1. The molecule has 204 valence electrons. The number of aryl methyl sites for hydroxylation is 1. The van der Waals surface area contributed by atoms with Crippen molar-refractivity contribution in [2.24, 2.45) is 11.3 Å². The lowest BCUT2D eigenvalue weighted by molar-refractivity contribution is -0.145. The van der Waals surface area contributed by atoms with Crippen LogP contribution in [-0.2, 0) is 16.1 Å². The Kier molecular flexibility index (Phi) is 6.79. The lowest BCUT2D eigenvalue weighted by Crippen LogP contribution is -2.54. The predicted octanol–water partition coefficient (Wildman–Crippen LogP) is 6.65. The molecule has 0 bridgehead atoms. The van der Waals surface area contributed by atoms with Crippen LogP contribution in [0.1, 0.15) is 57.1 Å². The number of rotatable bonds is 9. The molecule has 1 fully saturated rings. The van der Waals surface area contributed by atoms with Crippen LogP contribution in [0.4, 0.5) is 5.69 Å². The molecule has 0 radical (unpaired) electrons. The summed E-state index contributed by atoms with van der Waals surface area (Å²) in [6.45, 7) is 10.3. The predicted molar refractivity (Wildman–Crippen MR) is 153 cm³/mol. The second-order valence-corrected chi connectivity index (χ2v) is 11.6. The Bertz CT molecular complexity index is 1480. The summed E-state index contributed by atoms with van der Waals surface area (Å²) in [6, 6.07) is 19.1. The first-order valence-corrected chi connectivity index (χ1v) is 13.4. The number of para-hydroxylation sites is 1. The highest BCUT2D eigenvalue weighted by atomic mass is 16.5. The van der Waals surface area contributed by atoms with Crippen LogP contribution < -0.4 is 10.1 Å². The van der Waals surface area contributed by atoms with Crippen molar-refractivity contribution in [1.29, 1.82) is 0 Å². The average Bonchev–Trinajstić information content (AvgIpc) is 3.28. The largest absolute Gasteiger partial charge is 0.497 e. The van der Waals surface area contributed by atoms with Crippen LogP contribution in [0.2, 0.25) is 0 Å². The number of methoxy groups -OCH3 is 1. The number of benzene rings is 2. The number of H-pyrrole nitrogens is 1. The molecule has 7 heteroatoms. The molecule has 0 unspecified atom stereocenters. The van der Waals surface area contributed by atoms with Gasteiger partial charge >= 0.3 is 0 Å². The van der Waals surface area contributed by atoms with Gasteiger partial charge in [-0.3, -0.25) is 9.59 Å². The quantitative estimate of drug-likeness (QED) is 0.255. The lowest BCUT2D eigenvalue weighted by atomic mass is 9.98. The number of ether oxygens (including phenoxy) is 1. The van der Waals surface area contributed by atoms with Gasteiger partial charge in [-0.05, 0) is 86.1 Å². The monoisotopic (exact) mass is 527 g/mol. The minimum absolute atomic E-state index is 0.0444. The van der Waals surface area contributed by atoms with E-state index in [1.807, 2.05) is 12.1 Å². The number of carbonyl (C=O) groups excluding carboxylic acids is 2. The second-order valence-electron chi connectivity index (χ2n) is 11.6. The summed E-state index contributed by atoms with van der Waals surface area (Å²) in [6.07, 6.45) is 1.93. The third-order valence-corrected chi connectivity index (χ3v) is 8.47. The number of aromatic nitrogens is 1. The van der Waals surface area contributed by atoms with E-state index in [1.165, 1.54) is 10.9 Å². The van der Waals surface area contributed by atoms with Crippen LogP contribution in [0.3, 0.4) is 0 Å². The standard InChI is InChI=1S/C32H37N3O4/c1-20-28(24-11-7-8-12-26(24)33-20)29-25(31(29,2)3)18-27(36)35(19-23-10-9-17-39-23)32(4,5)30(37)34-21-13-15-22(38-6)16-14-21/h7-17,25,29,33H,18-19H2,1-6H3,(H,34,37)/t25-,29+/m1/s1. The van der Waals surface area contributed by atoms with Crippen LogP contribution in [0, 0.1) is 18.3 Å². The van der Waals surface area contributed by atoms with E-state index in [1.54, 1.807) is 62.5 Å². The Hall–Kier alpha value is -4.00. The highest BCUT2D eigenvalue weighted by Gasteiger charge is 2.60. The number of hydrogen-bond acceptors (Lipinski definition) is 4. The molecule has 7 nitrogen and oxygen atoms in total. The molecule has 2 aromatic carbocycles. The Morgan fingerprint density at radius 1 is 1.08 bits per heavy atom. The molecule has 1 aliphatic rings. The molecule has 0 aliphatic heterocycles. The van der Waals surface area contributed by atoms with Crippen LogP contribution in [-0.4, -0.2) is 34.3 Å². The zero-order chi connectivity index (χ0) is 27.9. The zero-order valence-corrected chi connectivity index (χ0v) is 23.5. The smallest absolute Gasteiger partial charge is 0.249 e. The van der Waals surface area contributed by atoms with E-state index in [9.17, 15) is 9.59 Å². The number of aromatic amines is 1. The van der Waals surface area contributed by atoms with Crippen LogP contribution in [0.15, 0.2) is 71.3 Å². The van der Waals surface area contributed by atoms with E-state index in [4.69, 9.17) is 9.15 Å². The highest BCUT2D eigenvalue weighted by molar-refractivity contribution is 6.00. The second kappa shape index (κ2) is 9.95. The van der Waals surface area contributed by atoms with Crippen LogP contribution in [0.5, 0.6) is 5.75 Å². The van der Waals surface area contributed by atoms with E-state index >= 15 is 0 Å². The number of nitrogens with one attached hydrogen (secondary N) is 2. The molecule has 0 spiro atoms. The third-order valence-electron chi connectivity index (χ3n) is 8.47. The molecular weight excluding hydrogens is 490 g/mol. The van der Waals surface area contributed by atoms with Crippen molar-refractivity contribution in [1.82, 2.24) is 9.88 Å². The molecule has 2 aromatic heterocycles. The number of anilines is 1. The fourth-order valence-electron chi connectivity index (χ4n) is 5.93. The fraction of sp³-hybridized carbons (Fsp3) is 0.375. The van der Waals surface area contributed by atoms with Gasteiger partial charge in [0, 0.05) is 28.7 Å². The van der Waals surface area contributed by atoms with Gasteiger partial charge in [-0.25, -0.2) is 0 Å². The number of amides is 2. The molecular formula is C32H37N3O4. The lowest BCUT2D eigenvalue weighted by Gasteiger charge is -2.37. The number of carbonyl (C=O) groups is 2. The molecule has 5 rings (SSSR count). The molecule has 2 amide bonds. The van der Waals surface area contributed by atoms with Crippen molar-refractivity contribution in [3.8, 4) is 5.75 Å². The van der Waals surface area contributed by atoms with E-state index in [0.29, 0.717) is 23.6 Å². The van der Waals surface area contributed by atoms with Crippen molar-refractivity contribution in [3.05, 3.63) is 83.9 Å². The third kappa shape index (κ3) is 4.93. The SMILES string of the molecule is COc1ccc(NC(=O)C(C)(C)N(Cc2ccco2)C(=O)C[C@@H]2[C@@H](c3c(C)[nH]c4ccccc34)C2(C)C)cc1. The minimum atomic E-state index is -1.13. The maximum atomic E-state index is 14.0. The summed E-state index contributed by atoms with van der Waals surface area (Å²) in [5.41, 5.74) is 3.02. The molecule has 2 N–H and O–H groups in total. The highest BCUT2D eigenvalue weighted by Crippen LogP contribution is 2.67. The first-order valence-electron chi connectivity index (χ1n) is 13.4. The maximum absolute atomic E-state index is 14.0. The van der Waals surface area contributed by atoms with Gasteiger partial charge in [-0.2, -0.15) is 0 Å². The van der Waals surface area contributed by atoms with Crippen LogP contribution >= 0.6 is 0 Å². The van der Waals surface area contributed by atoms with Gasteiger partial charge in [-0.1, -0.05) is 32.0 Å². The van der Waals surface area contributed by atoms with Gasteiger partial charge in [0.05, 0.1) is 19.9 Å². The summed E-state index contributed by atoms with van der Waals surface area (Å²) in [5.74, 6) is 1.40. The van der Waals surface area contributed by atoms with E-state index in [0.717, 1.165) is 11.2 Å². The summed E-state index contributed by atoms with van der Waals surface area (Å²) >= 11 is 0. The fourth-order valence-corrected chi connectivity index (χ4v) is 5.93. The van der Waals surface area contributed by atoms with Gasteiger partial charge in [0.15, 0.2) is 0 Å². The molecule has 2 atom stereocenters. The van der Waals surface area contributed by atoms with Crippen molar-refractivity contribution < 1.29 is 18.7 Å². The van der Waals surface area contributed by atoms with Gasteiger partial charge in [0.2, 0.25) is 11.8 Å². The van der Waals surface area contributed by atoms with Crippen molar-refractivity contribution in [3.63, 3.8) is 0 Å².